The molecule has 0 saturated heterocycles. The lowest BCUT2D eigenvalue weighted by Crippen LogP contribution is -2.42. The normalized spacial score (nSPS) is 10.5. The summed E-state index contributed by atoms with van der Waals surface area (Å²) in [6.45, 7) is 0.521. The average Bonchev–Trinajstić information content (AvgIpc) is 2.89. The summed E-state index contributed by atoms with van der Waals surface area (Å²) < 4.78 is 0. The third-order valence-corrected chi connectivity index (χ3v) is 6.21. The Labute approximate surface area is 210 Å². The van der Waals surface area contributed by atoms with Crippen molar-refractivity contribution < 1.29 is 9.59 Å². The molecule has 0 saturated carbocycles. The molecule has 0 heterocycles. The minimum atomic E-state index is -0.206. The van der Waals surface area contributed by atoms with Crippen molar-refractivity contribution in [1.29, 1.82) is 0 Å². The van der Waals surface area contributed by atoms with Crippen molar-refractivity contribution in [2.45, 2.75) is 12.8 Å². The highest BCUT2D eigenvalue weighted by atomic mass is 32.1. The zero-order valence-electron chi connectivity index (χ0n) is 19.5. The van der Waals surface area contributed by atoms with Crippen LogP contribution < -0.4 is 15.5 Å². The number of para-hydroxylation sites is 1. The molecule has 4 rings (SSSR count). The van der Waals surface area contributed by atoms with E-state index in [4.69, 9.17) is 12.2 Å². The van der Waals surface area contributed by atoms with E-state index in [9.17, 15) is 9.59 Å². The molecule has 0 spiro atoms. The van der Waals surface area contributed by atoms with Gasteiger partial charge in [-0.05, 0) is 52.7 Å². The van der Waals surface area contributed by atoms with Crippen LogP contribution in [-0.2, 0) is 17.6 Å². The highest BCUT2D eigenvalue weighted by Gasteiger charge is 2.18. The Morgan fingerprint density at radius 1 is 0.829 bits per heavy atom. The number of anilines is 1. The molecule has 0 aliphatic rings. The second-order valence-corrected chi connectivity index (χ2v) is 8.62. The van der Waals surface area contributed by atoms with Crippen LogP contribution in [0.25, 0.3) is 10.8 Å². The smallest absolute Gasteiger partial charge is 0.253 e. The maximum Gasteiger partial charge on any atom is 0.253 e. The number of rotatable bonds is 7. The molecule has 5 nitrogen and oxygen atoms in total. The van der Waals surface area contributed by atoms with Gasteiger partial charge in [0.1, 0.15) is 0 Å². The predicted molar refractivity (Wildman–Crippen MR) is 146 cm³/mol. The van der Waals surface area contributed by atoms with Gasteiger partial charge < -0.3 is 15.5 Å². The Kier molecular flexibility index (Phi) is 7.85. The first-order chi connectivity index (χ1) is 17.0. The summed E-state index contributed by atoms with van der Waals surface area (Å²) >= 11 is 5.51. The molecular weight excluding hydrogens is 454 g/mol. The molecule has 0 radical (unpaired) electrons. The van der Waals surface area contributed by atoms with Crippen LogP contribution in [0.3, 0.4) is 0 Å². The molecule has 35 heavy (non-hydrogen) atoms. The van der Waals surface area contributed by atoms with E-state index in [0.29, 0.717) is 17.8 Å². The van der Waals surface area contributed by atoms with Gasteiger partial charge in [0.15, 0.2) is 5.11 Å². The predicted octanol–water partition coefficient (Wildman–Crippen LogP) is 4.89. The number of carbonyl (C=O) groups is 2. The number of hydrogen-bond donors (Lipinski definition) is 2. The summed E-state index contributed by atoms with van der Waals surface area (Å²) in [6.07, 6.45) is 0.949. The fourth-order valence-corrected chi connectivity index (χ4v) is 4.21. The fraction of sp³-hybridized carbons (Fsp3) is 0.138. The molecular formula is C29H27N3O2S. The van der Waals surface area contributed by atoms with Crippen molar-refractivity contribution >= 4 is 45.6 Å². The monoisotopic (exact) mass is 481 g/mol. The Balaban J connectivity index is 1.39. The number of hydrogen-bond acceptors (Lipinski definition) is 3. The van der Waals surface area contributed by atoms with Gasteiger partial charge in [0.05, 0.1) is 17.7 Å². The maximum absolute atomic E-state index is 12.9. The number of nitrogens with one attached hydrogen (secondary N) is 2. The molecule has 4 aromatic rings. The van der Waals surface area contributed by atoms with Gasteiger partial charge in [0.2, 0.25) is 5.91 Å². The SMILES string of the molecule is CN(C(=S)NC(=O)Cc1cccc2ccccc12)c1ccccc1C(=O)NCCc1ccccc1. The number of nitrogens with zero attached hydrogens (tertiary/aromatic N) is 1. The second kappa shape index (κ2) is 11.4. The molecule has 0 fully saturated rings. The molecule has 0 aliphatic carbocycles. The van der Waals surface area contributed by atoms with Gasteiger partial charge in [-0.25, -0.2) is 0 Å². The molecule has 6 heteroatoms. The number of carbonyl (C=O) groups excluding carboxylic acids is 2. The maximum atomic E-state index is 12.9. The Morgan fingerprint density at radius 3 is 2.34 bits per heavy atom. The van der Waals surface area contributed by atoms with E-state index < -0.39 is 0 Å². The Morgan fingerprint density at radius 2 is 1.51 bits per heavy atom. The van der Waals surface area contributed by atoms with Gasteiger partial charge >= 0.3 is 0 Å². The second-order valence-electron chi connectivity index (χ2n) is 8.24. The van der Waals surface area contributed by atoms with Crippen LogP contribution in [-0.4, -0.2) is 30.5 Å². The van der Waals surface area contributed by atoms with E-state index in [1.807, 2.05) is 91.0 Å². The summed E-state index contributed by atoms with van der Waals surface area (Å²) in [7, 11) is 1.75. The lowest BCUT2D eigenvalue weighted by molar-refractivity contribution is -0.119. The Bertz CT molecular complexity index is 1350. The topological polar surface area (TPSA) is 61.4 Å². The van der Waals surface area contributed by atoms with Crippen molar-refractivity contribution in [3.8, 4) is 0 Å². The van der Waals surface area contributed by atoms with Gasteiger partial charge in [-0.3, -0.25) is 9.59 Å². The van der Waals surface area contributed by atoms with Gasteiger partial charge in [-0.1, -0.05) is 84.9 Å². The first-order valence-corrected chi connectivity index (χ1v) is 11.9. The Hall–Kier alpha value is -4.03. The van der Waals surface area contributed by atoms with Crippen molar-refractivity contribution in [3.05, 3.63) is 114 Å². The van der Waals surface area contributed by atoms with Crippen LogP contribution >= 0.6 is 12.2 Å². The van der Waals surface area contributed by atoms with E-state index in [1.54, 1.807) is 18.0 Å². The number of benzene rings is 4. The molecule has 2 N–H and O–H groups in total. The lowest BCUT2D eigenvalue weighted by atomic mass is 10.0. The summed E-state index contributed by atoms with van der Waals surface area (Å²) in [5.74, 6) is -0.392. The van der Waals surface area contributed by atoms with Crippen LogP contribution in [0.15, 0.2) is 97.1 Å². The third kappa shape index (κ3) is 6.11. The van der Waals surface area contributed by atoms with Crippen molar-refractivity contribution in [2.24, 2.45) is 0 Å². The third-order valence-electron chi connectivity index (χ3n) is 5.83. The first-order valence-electron chi connectivity index (χ1n) is 11.5. The number of thiocarbonyl (C=S) groups is 1. The van der Waals surface area contributed by atoms with E-state index in [2.05, 4.69) is 10.6 Å². The first kappa shape index (κ1) is 24.1. The minimum absolute atomic E-state index is 0.187. The zero-order chi connectivity index (χ0) is 24.6. The molecule has 176 valence electrons. The summed E-state index contributed by atoms with van der Waals surface area (Å²) in [5.41, 5.74) is 3.21. The summed E-state index contributed by atoms with van der Waals surface area (Å²) in [4.78, 5) is 27.4. The molecule has 4 aromatic carbocycles. The van der Waals surface area contributed by atoms with Crippen LogP contribution in [0.5, 0.6) is 0 Å². The van der Waals surface area contributed by atoms with Crippen molar-refractivity contribution in [3.63, 3.8) is 0 Å². The highest BCUT2D eigenvalue weighted by molar-refractivity contribution is 7.80. The van der Waals surface area contributed by atoms with E-state index >= 15 is 0 Å². The van der Waals surface area contributed by atoms with E-state index in [1.165, 1.54) is 0 Å². The van der Waals surface area contributed by atoms with Crippen molar-refractivity contribution in [2.75, 3.05) is 18.5 Å². The van der Waals surface area contributed by atoms with Gasteiger partial charge in [-0.2, -0.15) is 0 Å². The van der Waals surface area contributed by atoms with Crippen LogP contribution in [0.2, 0.25) is 0 Å². The molecule has 0 bridgehead atoms. The van der Waals surface area contributed by atoms with Crippen LogP contribution in [0.1, 0.15) is 21.5 Å². The highest BCUT2D eigenvalue weighted by Crippen LogP contribution is 2.21. The minimum Gasteiger partial charge on any atom is -0.352 e. The summed E-state index contributed by atoms with van der Waals surface area (Å²) in [6, 6.07) is 31.1. The van der Waals surface area contributed by atoms with E-state index in [0.717, 1.165) is 28.3 Å². The molecule has 2 amide bonds. The number of amides is 2. The van der Waals surface area contributed by atoms with Gasteiger partial charge in [0.25, 0.3) is 5.91 Å². The quantitative estimate of drug-likeness (QED) is 0.369. The van der Waals surface area contributed by atoms with Crippen LogP contribution in [0.4, 0.5) is 5.69 Å². The van der Waals surface area contributed by atoms with Crippen molar-refractivity contribution in [1.82, 2.24) is 10.6 Å². The molecule has 0 aliphatic heterocycles. The van der Waals surface area contributed by atoms with Gasteiger partial charge in [0, 0.05) is 13.6 Å². The van der Waals surface area contributed by atoms with Crippen LogP contribution in [0, 0.1) is 0 Å². The largest absolute Gasteiger partial charge is 0.352 e. The molecule has 0 aromatic heterocycles. The zero-order valence-corrected chi connectivity index (χ0v) is 20.3. The molecule has 0 atom stereocenters. The van der Waals surface area contributed by atoms with E-state index in [-0.39, 0.29) is 23.3 Å². The van der Waals surface area contributed by atoms with Gasteiger partial charge in [-0.15, -0.1) is 0 Å². The lowest BCUT2D eigenvalue weighted by Gasteiger charge is -2.23. The average molecular weight is 482 g/mol. The summed E-state index contributed by atoms with van der Waals surface area (Å²) in [5, 5.41) is 8.15. The standard InChI is InChI=1S/C29H27N3O2S/c1-32(29(35)31-27(33)20-23-14-9-13-22-12-5-6-15-24(22)23)26-17-8-7-16-25(26)28(34)30-19-18-21-10-3-2-4-11-21/h2-17H,18-20H2,1H3,(H,30,34)(H,31,33,35). The molecule has 0 unspecified atom stereocenters. The fourth-order valence-electron chi connectivity index (χ4n) is 3.99. The number of fused-ring (bicyclic) bond motifs is 1.